The molecule has 1 aliphatic rings. The Morgan fingerprint density at radius 1 is 1.53 bits per heavy atom. The highest BCUT2D eigenvalue weighted by atomic mass is 16.5. The molecule has 0 atom stereocenters. The molecule has 0 amide bonds. The number of methoxy groups -OCH3 is 1. The third-order valence-electron chi connectivity index (χ3n) is 3.71. The first-order valence-corrected chi connectivity index (χ1v) is 7.27. The molecule has 1 aromatic heterocycles. The molecule has 1 aromatic rings. The van der Waals surface area contributed by atoms with Crippen molar-refractivity contribution in [2.24, 2.45) is 5.73 Å². The van der Waals surface area contributed by atoms with Crippen LogP contribution in [-0.4, -0.2) is 30.0 Å². The second kappa shape index (κ2) is 7.46. The van der Waals surface area contributed by atoms with Crippen molar-refractivity contribution in [3.63, 3.8) is 0 Å². The zero-order valence-electron chi connectivity index (χ0n) is 11.8. The fraction of sp³-hybridized carbons (Fsp3) is 0.667. The lowest BCUT2D eigenvalue weighted by Gasteiger charge is -2.08. The van der Waals surface area contributed by atoms with E-state index in [1.54, 1.807) is 7.11 Å². The van der Waals surface area contributed by atoms with E-state index in [9.17, 15) is 0 Å². The molecule has 106 valence electrons. The summed E-state index contributed by atoms with van der Waals surface area (Å²) in [5.41, 5.74) is 7.87. The maximum absolute atomic E-state index is 5.57. The highest BCUT2D eigenvalue weighted by molar-refractivity contribution is 5.48. The van der Waals surface area contributed by atoms with Crippen LogP contribution in [-0.2, 0) is 4.74 Å². The van der Waals surface area contributed by atoms with Gasteiger partial charge >= 0.3 is 0 Å². The number of hydrogen-bond donors (Lipinski definition) is 1. The summed E-state index contributed by atoms with van der Waals surface area (Å²) in [4.78, 5) is 0. The summed E-state index contributed by atoms with van der Waals surface area (Å²) in [6, 6.07) is 2.70. The Kier molecular flexibility index (Phi) is 5.61. The number of hydrogen-bond acceptors (Lipinski definition) is 3. The van der Waals surface area contributed by atoms with Crippen LogP contribution >= 0.6 is 0 Å². The molecule has 1 saturated carbocycles. The smallest absolute Gasteiger partial charge is 0.0851 e. The lowest BCUT2D eigenvalue weighted by Crippen LogP contribution is -2.05. The number of rotatable bonds is 7. The van der Waals surface area contributed by atoms with E-state index in [4.69, 9.17) is 10.5 Å². The van der Waals surface area contributed by atoms with Crippen molar-refractivity contribution in [3.8, 4) is 0 Å². The van der Waals surface area contributed by atoms with Gasteiger partial charge in [0.15, 0.2) is 0 Å². The molecule has 0 spiro atoms. The van der Waals surface area contributed by atoms with Gasteiger partial charge in [-0.1, -0.05) is 12.8 Å². The van der Waals surface area contributed by atoms with Crippen molar-refractivity contribution in [2.75, 3.05) is 20.3 Å². The van der Waals surface area contributed by atoms with Crippen molar-refractivity contribution < 1.29 is 4.74 Å². The van der Waals surface area contributed by atoms with Crippen LogP contribution in [0.15, 0.2) is 17.8 Å². The molecule has 1 aliphatic carbocycles. The molecule has 19 heavy (non-hydrogen) atoms. The number of aromatic nitrogens is 2. The molecule has 0 aliphatic heterocycles. The molecule has 0 unspecified atom stereocenters. The van der Waals surface area contributed by atoms with Gasteiger partial charge in [0, 0.05) is 13.3 Å². The molecule has 0 saturated heterocycles. The van der Waals surface area contributed by atoms with Crippen molar-refractivity contribution in [3.05, 3.63) is 23.5 Å². The first kappa shape index (κ1) is 14.3. The fourth-order valence-electron chi connectivity index (χ4n) is 2.71. The molecule has 4 heteroatoms. The van der Waals surface area contributed by atoms with Gasteiger partial charge in [-0.2, -0.15) is 5.10 Å². The van der Waals surface area contributed by atoms with Crippen molar-refractivity contribution in [1.82, 2.24) is 9.78 Å². The van der Waals surface area contributed by atoms with Gasteiger partial charge in [-0.25, -0.2) is 0 Å². The zero-order chi connectivity index (χ0) is 13.5. The summed E-state index contributed by atoms with van der Waals surface area (Å²) in [6.45, 7) is 1.38. The van der Waals surface area contributed by atoms with Crippen LogP contribution in [0.1, 0.15) is 50.3 Å². The van der Waals surface area contributed by atoms with Crippen LogP contribution in [0.2, 0.25) is 0 Å². The van der Waals surface area contributed by atoms with Gasteiger partial charge < -0.3 is 10.5 Å². The minimum Gasteiger partial charge on any atom is -0.380 e. The van der Waals surface area contributed by atoms with E-state index in [-0.39, 0.29) is 0 Å². The minimum atomic E-state index is 0.608. The van der Waals surface area contributed by atoms with Crippen LogP contribution in [0, 0.1) is 0 Å². The molecule has 1 fully saturated rings. The van der Waals surface area contributed by atoms with Crippen LogP contribution < -0.4 is 5.73 Å². The predicted molar refractivity (Wildman–Crippen MR) is 77.9 cm³/mol. The number of nitrogens with two attached hydrogens (primary N) is 1. The topological polar surface area (TPSA) is 53.1 Å². The Balaban J connectivity index is 2.02. The lowest BCUT2D eigenvalue weighted by atomic mass is 10.1. The average molecular weight is 263 g/mol. The standard InChI is InChI=1S/C15H25N3O/c1-19-12-13(5-4-9-16)11-14-8-10-18(17-14)15-6-2-3-7-15/h8,10-11,15H,2-7,9,12,16H2,1H3/b13-11+. The summed E-state index contributed by atoms with van der Waals surface area (Å²) < 4.78 is 7.37. The van der Waals surface area contributed by atoms with Gasteiger partial charge in [0.2, 0.25) is 0 Å². The van der Waals surface area contributed by atoms with Crippen LogP contribution in [0.25, 0.3) is 6.08 Å². The molecule has 0 bridgehead atoms. The third kappa shape index (κ3) is 4.18. The third-order valence-corrected chi connectivity index (χ3v) is 3.71. The average Bonchev–Trinajstić information content (AvgIpc) is 3.06. The maximum Gasteiger partial charge on any atom is 0.0851 e. The fourth-order valence-corrected chi connectivity index (χ4v) is 2.71. The molecule has 4 nitrogen and oxygen atoms in total. The SMILES string of the molecule is COC/C(=C/c1ccn(C2CCCC2)n1)CCCN. The van der Waals surface area contributed by atoms with Crippen molar-refractivity contribution in [2.45, 2.75) is 44.6 Å². The van der Waals surface area contributed by atoms with Gasteiger partial charge in [0.25, 0.3) is 0 Å². The first-order valence-electron chi connectivity index (χ1n) is 7.27. The number of ether oxygens (including phenoxy) is 1. The molecule has 2 rings (SSSR count). The Hall–Kier alpha value is -1.13. The Morgan fingerprint density at radius 2 is 2.32 bits per heavy atom. The van der Waals surface area contributed by atoms with Crippen molar-refractivity contribution >= 4 is 6.08 Å². The van der Waals surface area contributed by atoms with Crippen LogP contribution in [0.5, 0.6) is 0 Å². The monoisotopic (exact) mass is 263 g/mol. The number of nitrogens with zero attached hydrogens (tertiary/aromatic N) is 2. The van der Waals surface area contributed by atoms with E-state index in [2.05, 4.69) is 28.1 Å². The predicted octanol–water partition coefficient (Wildman–Crippen LogP) is 2.77. The van der Waals surface area contributed by atoms with Gasteiger partial charge in [0.05, 0.1) is 18.3 Å². The minimum absolute atomic E-state index is 0.608. The lowest BCUT2D eigenvalue weighted by molar-refractivity contribution is 0.223. The van der Waals surface area contributed by atoms with E-state index in [0.29, 0.717) is 12.6 Å². The Bertz CT molecular complexity index is 405. The van der Waals surface area contributed by atoms with Gasteiger partial charge in [0.1, 0.15) is 0 Å². The second-order valence-corrected chi connectivity index (χ2v) is 5.29. The summed E-state index contributed by atoms with van der Waals surface area (Å²) in [5, 5.41) is 4.68. The van der Waals surface area contributed by atoms with E-state index in [1.807, 2.05) is 0 Å². The Morgan fingerprint density at radius 3 is 3.00 bits per heavy atom. The van der Waals surface area contributed by atoms with E-state index in [1.165, 1.54) is 31.3 Å². The molecule has 0 aromatic carbocycles. The summed E-state index contributed by atoms with van der Waals surface area (Å²) in [5.74, 6) is 0. The Labute approximate surface area is 115 Å². The summed E-state index contributed by atoms with van der Waals surface area (Å²) >= 11 is 0. The zero-order valence-corrected chi connectivity index (χ0v) is 11.8. The van der Waals surface area contributed by atoms with Gasteiger partial charge in [-0.3, -0.25) is 4.68 Å². The van der Waals surface area contributed by atoms with E-state index < -0.39 is 0 Å². The molecular weight excluding hydrogens is 238 g/mol. The quantitative estimate of drug-likeness (QED) is 0.823. The normalized spacial score (nSPS) is 17.3. The summed E-state index contributed by atoms with van der Waals surface area (Å²) in [7, 11) is 1.73. The van der Waals surface area contributed by atoms with Crippen LogP contribution in [0.3, 0.4) is 0 Å². The van der Waals surface area contributed by atoms with Crippen molar-refractivity contribution in [1.29, 1.82) is 0 Å². The summed E-state index contributed by atoms with van der Waals surface area (Å²) in [6.07, 6.45) is 11.4. The molecule has 1 heterocycles. The van der Waals surface area contributed by atoms with E-state index in [0.717, 1.165) is 25.1 Å². The first-order chi connectivity index (χ1) is 9.33. The molecule has 2 N–H and O–H groups in total. The molecular formula is C15H25N3O. The highest BCUT2D eigenvalue weighted by Gasteiger charge is 2.17. The molecule has 0 radical (unpaired) electrons. The van der Waals surface area contributed by atoms with E-state index >= 15 is 0 Å². The van der Waals surface area contributed by atoms with Gasteiger partial charge in [-0.05, 0) is 49.9 Å². The highest BCUT2D eigenvalue weighted by Crippen LogP contribution is 2.28. The second-order valence-electron chi connectivity index (χ2n) is 5.29. The van der Waals surface area contributed by atoms with Crippen LogP contribution in [0.4, 0.5) is 0 Å². The largest absolute Gasteiger partial charge is 0.380 e. The van der Waals surface area contributed by atoms with Gasteiger partial charge in [-0.15, -0.1) is 0 Å². The maximum atomic E-state index is 5.57.